The summed E-state index contributed by atoms with van der Waals surface area (Å²) in [6.07, 6.45) is 4.42. The maximum Gasteiger partial charge on any atom is 0.127 e. The maximum atomic E-state index is 13.5. The lowest BCUT2D eigenvalue weighted by molar-refractivity contribution is 0.217. The molecule has 1 aliphatic rings. The van der Waals surface area contributed by atoms with E-state index >= 15 is 0 Å². The van der Waals surface area contributed by atoms with Crippen LogP contribution in [0, 0.1) is 17.6 Å². The van der Waals surface area contributed by atoms with Crippen LogP contribution in [0.15, 0.2) is 18.2 Å². The van der Waals surface area contributed by atoms with Crippen molar-refractivity contribution in [2.75, 3.05) is 13.6 Å². The third kappa shape index (κ3) is 4.25. The standard InChI is InChI=1S/C15H22F2N2/c1-19(9-11-2-5-14(18)6-3-11)10-12-8-13(16)4-7-15(12)17/h4,7-8,11,14H,2-3,5-6,9-10,18H2,1H3. The van der Waals surface area contributed by atoms with E-state index in [2.05, 4.69) is 4.90 Å². The van der Waals surface area contributed by atoms with E-state index in [9.17, 15) is 8.78 Å². The summed E-state index contributed by atoms with van der Waals surface area (Å²) in [5.41, 5.74) is 6.31. The highest BCUT2D eigenvalue weighted by molar-refractivity contribution is 5.18. The van der Waals surface area contributed by atoms with Gasteiger partial charge in [0.15, 0.2) is 0 Å². The van der Waals surface area contributed by atoms with E-state index in [1.54, 1.807) is 0 Å². The van der Waals surface area contributed by atoms with Gasteiger partial charge in [-0.2, -0.15) is 0 Å². The Morgan fingerprint density at radius 1 is 1.21 bits per heavy atom. The van der Waals surface area contributed by atoms with Crippen LogP contribution in [0.1, 0.15) is 31.2 Å². The third-order valence-electron chi connectivity index (χ3n) is 3.91. The molecule has 1 fully saturated rings. The van der Waals surface area contributed by atoms with Gasteiger partial charge in [-0.05, 0) is 56.8 Å². The van der Waals surface area contributed by atoms with Crippen LogP contribution >= 0.6 is 0 Å². The highest BCUT2D eigenvalue weighted by Gasteiger charge is 2.20. The van der Waals surface area contributed by atoms with Crippen LogP contribution in [-0.4, -0.2) is 24.5 Å². The number of nitrogens with two attached hydrogens (primary N) is 1. The fraction of sp³-hybridized carbons (Fsp3) is 0.600. The first-order valence-corrected chi connectivity index (χ1v) is 6.92. The van der Waals surface area contributed by atoms with Gasteiger partial charge in [0.1, 0.15) is 11.6 Å². The van der Waals surface area contributed by atoms with Crippen molar-refractivity contribution >= 4 is 0 Å². The van der Waals surface area contributed by atoms with Crippen LogP contribution in [0.2, 0.25) is 0 Å². The Balaban J connectivity index is 1.87. The zero-order chi connectivity index (χ0) is 13.8. The zero-order valence-corrected chi connectivity index (χ0v) is 11.4. The molecular formula is C15H22F2N2. The molecule has 0 atom stereocenters. The van der Waals surface area contributed by atoms with Crippen molar-refractivity contribution in [1.29, 1.82) is 0 Å². The molecule has 1 aliphatic carbocycles. The Labute approximate surface area is 113 Å². The van der Waals surface area contributed by atoms with Crippen molar-refractivity contribution in [2.24, 2.45) is 11.7 Å². The Hall–Kier alpha value is -1.00. The van der Waals surface area contributed by atoms with Crippen molar-refractivity contribution in [2.45, 2.75) is 38.3 Å². The Kier molecular flexibility index (Phi) is 4.88. The lowest BCUT2D eigenvalue weighted by Gasteiger charge is -2.29. The van der Waals surface area contributed by atoms with E-state index in [1.807, 2.05) is 7.05 Å². The normalized spacial score (nSPS) is 23.8. The molecule has 0 amide bonds. The highest BCUT2D eigenvalue weighted by Crippen LogP contribution is 2.24. The molecule has 2 nitrogen and oxygen atoms in total. The van der Waals surface area contributed by atoms with Crippen molar-refractivity contribution in [3.63, 3.8) is 0 Å². The molecule has 106 valence electrons. The number of benzene rings is 1. The lowest BCUT2D eigenvalue weighted by Crippen LogP contribution is -2.32. The molecule has 1 saturated carbocycles. The number of nitrogens with zero attached hydrogens (tertiary/aromatic N) is 1. The van der Waals surface area contributed by atoms with Gasteiger partial charge in [-0.3, -0.25) is 0 Å². The molecule has 0 aliphatic heterocycles. The van der Waals surface area contributed by atoms with Crippen molar-refractivity contribution < 1.29 is 8.78 Å². The SMILES string of the molecule is CN(Cc1cc(F)ccc1F)CC1CCC(N)CC1. The van der Waals surface area contributed by atoms with Crippen LogP contribution in [0.4, 0.5) is 8.78 Å². The molecule has 1 aromatic rings. The van der Waals surface area contributed by atoms with Crippen molar-refractivity contribution in [1.82, 2.24) is 4.90 Å². The number of rotatable bonds is 4. The number of hydrogen-bond donors (Lipinski definition) is 1. The largest absolute Gasteiger partial charge is 0.328 e. The first-order valence-electron chi connectivity index (χ1n) is 6.92. The van der Waals surface area contributed by atoms with Gasteiger partial charge in [-0.15, -0.1) is 0 Å². The quantitative estimate of drug-likeness (QED) is 0.909. The summed E-state index contributed by atoms with van der Waals surface area (Å²) in [6, 6.07) is 3.98. The maximum absolute atomic E-state index is 13.5. The highest BCUT2D eigenvalue weighted by atomic mass is 19.1. The van der Waals surface area contributed by atoms with Crippen LogP contribution in [0.5, 0.6) is 0 Å². The van der Waals surface area contributed by atoms with Gasteiger partial charge >= 0.3 is 0 Å². The molecule has 19 heavy (non-hydrogen) atoms. The summed E-state index contributed by atoms with van der Waals surface area (Å²) in [4.78, 5) is 2.07. The summed E-state index contributed by atoms with van der Waals surface area (Å²) >= 11 is 0. The van der Waals surface area contributed by atoms with E-state index in [0.717, 1.165) is 38.3 Å². The van der Waals surface area contributed by atoms with E-state index in [0.29, 0.717) is 24.1 Å². The predicted molar refractivity (Wildman–Crippen MR) is 72.6 cm³/mol. The summed E-state index contributed by atoms with van der Waals surface area (Å²) < 4.78 is 26.7. The smallest absolute Gasteiger partial charge is 0.127 e. The fourth-order valence-electron chi connectivity index (χ4n) is 2.83. The molecule has 2 rings (SSSR count). The second-order valence-electron chi connectivity index (χ2n) is 5.71. The van der Waals surface area contributed by atoms with E-state index < -0.39 is 0 Å². The van der Waals surface area contributed by atoms with Gasteiger partial charge < -0.3 is 10.6 Å². The zero-order valence-electron chi connectivity index (χ0n) is 11.4. The Morgan fingerprint density at radius 2 is 1.89 bits per heavy atom. The summed E-state index contributed by atoms with van der Waals surface area (Å²) in [5, 5.41) is 0. The first kappa shape index (κ1) is 14.4. The number of hydrogen-bond acceptors (Lipinski definition) is 2. The van der Waals surface area contributed by atoms with Gasteiger partial charge in [-0.25, -0.2) is 8.78 Å². The molecule has 0 saturated heterocycles. The number of halogens is 2. The monoisotopic (exact) mass is 268 g/mol. The Morgan fingerprint density at radius 3 is 2.58 bits per heavy atom. The minimum absolute atomic E-state index is 0.334. The van der Waals surface area contributed by atoms with Gasteiger partial charge in [0, 0.05) is 24.7 Å². The van der Waals surface area contributed by atoms with Gasteiger partial charge in [-0.1, -0.05) is 0 Å². The second-order valence-corrected chi connectivity index (χ2v) is 5.71. The molecule has 4 heteroatoms. The molecule has 0 bridgehead atoms. The lowest BCUT2D eigenvalue weighted by atomic mass is 9.86. The molecular weight excluding hydrogens is 246 g/mol. The summed E-state index contributed by atoms with van der Waals surface area (Å²) in [6.45, 7) is 1.37. The van der Waals surface area contributed by atoms with Gasteiger partial charge in [0.2, 0.25) is 0 Å². The molecule has 0 radical (unpaired) electrons. The predicted octanol–water partition coefficient (Wildman–Crippen LogP) is 2.91. The fourth-order valence-corrected chi connectivity index (χ4v) is 2.83. The van der Waals surface area contributed by atoms with Gasteiger partial charge in [0.05, 0.1) is 0 Å². The summed E-state index contributed by atoms with van der Waals surface area (Å²) in [5.74, 6) is -0.0891. The van der Waals surface area contributed by atoms with Crippen molar-refractivity contribution in [3.8, 4) is 0 Å². The minimum atomic E-state index is -0.381. The van der Waals surface area contributed by atoms with E-state index in [4.69, 9.17) is 5.73 Å². The van der Waals surface area contributed by atoms with Crippen LogP contribution < -0.4 is 5.73 Å². The van der Waals surface area contributed by atoms with E-state index in [1.165, 1.54) is 12.1 Å². The molecule has 0 spiro atoms. The topological polar surface area (TPSA) is 29.3 Å². The first-order chi connectivity index (χ1) is 9.04. The molecule has 1 aromatic carbocycles. The van der Waals surface area contributed by atoms with Crippen LogP contribution in [0.25, 0.3) is 0 Å². The Bertz CT molecular complexity index is 415. The average molecular weight is 268 g/mol. The summed E-state index contributed by atoms with van der Waals surface area (Å²) in [7, 11) is 1.96. The third-order valence-corrected chi connectivity index (χ3v) is 3.91. The molecule has 0 aromatic heterocycles. The van der Waals surface area contributed by atoms with Crippen LogP contribution in [-0.2, 0) is 6.54 Å². The molecule has 0 unspecified atom stereocenters. The molecule has 0 heterocycles. The molecule has 2 N–H and O–H groups in total. The minimum Gasteiger partial charge on any atom is -0.328 e. The average Bonchev–Trinajstić information content (AvgIpc) is 2.37. The van der Waals surface area contributed by atoms with E-state index in [-0.39, 0.29) is 11.6 Å². The van der Waals surface area contributed by atoms with Crippen LogP contribution in [0.3, 0.4) is 0 Å². The van der Waals surface area contributed by atoms with Gasteiger partial charge in [0.25, 0.3) is 0 Å². The van der Waals surface area contributed by atoms with Crippen molar-refractivity contribution in [3.05, 3.63) is 35.4 Å². The second kappa shape index (κ2) is 6.44.